The van der Waals surface area contributed by atoms with Gasteiger partial charge in [-0.15, -0.1) is 24.0 Å². The fraction of sp³-hybridized carbons (Fsp3) is 0.391. The lowest BCUT2D eigenvalue weighted by atomic mass is 10.1. The van der Waals surface area contributed by atoms with E-state index in [1.54, 1.807) is 31.1 Å². The molecule has 0 saturated heterocycles. The number of guanidine groups is 1. The summed E-state index contributed by atoms with van der Waals surface area (Å²) >= 11 is 0. The second-order valence-electron chi connectivity index (χ2n) is 7.50. The Bertz CT molecular complexity index is 1010. The van der Waals surface area contributed by atoms with Crippen LogP contribution in [0.4, 0.5) is 0 Å². The van der Waals surface area contributed by atoms with Gasteiger partial charge in [0, 0.05) is 45.5 Å². The molecule has 2 rings (SSSR count). The van der Waals surface area contributed by atoms with Gasteiger partial charge in [-0.3, -0.25) is 9.79 Å². The highest BCUT2D eigenvalue weighted by atomic mass is 127. The number of sulfone groups is 1. The van der Waals surface area contributed by atoms with Gasteiger partial charge < -0.3 is 15.5 Å². The minimum absolute atomic E-state index is 0. The standard InChI is InChI=1S/C23H32N4O3S.HI/c1-5-24-23(25-15-13-18-9-11-21(12-10-18)31(4,29)30)26-16-14-19-7-6-8-20(17-19)22(28)27(2)3;/h6-12,17H,5,13-16H2,1-4H3,(H2,24,25,26);1H. The molecule has 0 aromatic heterocycles. The molecule has 0 atom stereocenters. The topological polar surface area (TPSA) is 90.9 Å². The molecule has 1 amide bonds. The summed E-state index contributed by atoms with van der Waals surface area (Å²) < 4.78 is 23.1. The summed E-state index contributed by atoms with van der Waals surface area (Å²) in [7, 11) is 0.317. The third kappa shape index (κ3) is 9.15. The first-order chi connectivity index (χ1) is 14.7. The van der Waals surface area contributed by atoms with E-state index in [0.717, 1.165) is 36.5 Å². The predicted molar refractivity (Wildman–Crippen MR) is 141 cm³/mol. The molecule has 0 aliphatic heterocycles. The zero-order valence-electron chi connectivity index (χ0n) is 19.1. The van der Waals surface area contributed by atoms with E-state index in [-0.39, 0.29) is 29.9 Å². The molecule has 2 aromatic carbocycles. The highest BCUT2D eigenvalue weighted by Gasteiger charge is 2.08. The fourth-order valence-corrected chi connectivity index (χ4v) is 3.62. The van der Waals surface area contributed by atoms with Crippen molar-refractivity contribution in [3.63, 3.8) is 0 Å². The van der Waals surface area contributed by atoms with Gasteiger partial charge in [-0.1, -0.05) is 24.3 Å². The molecular formula is C23H33IN4O3S. The first kappa shape index (κ1) is 27.9. The van der Waals surface area contributed by atoms with Crippen molar-refractivity contribution in [2.45, 2.75) is 24.7 Å². The first-order valence-electron chi connectivity index (χ1n) is 10.3. The van der Waals surface area contributed by atoms with E-state index in [1.165, 1.54) is 6.26 Å². The second kappa shape index (κ2) is 13.4. The smallest absolute Gasteiger partial charge is 0.253 e. The molecule has 0 fully saturated rings. The van der Waals surface area contributed by atoms with Crippen LogP contribution in [0.5, 0.6) is 0 Å². The molecule has 2 N–H and O–H groups in total. The Balaban J connectivity index is 0.00000512. The van der Waals surface area contributed by atoms with Gasteiger partial charge in [0.25, 0.3) is 5.91 Å². The lowest BCUT2D eigenvalue weighted by molar-refractivity contribution is 0.0827. The molecule has 0 unspecified atom stereocenters. The van der Waals surface area contributed by atoms with Crippen molar-refractivity contribution < 1.29 is 13.2 Å². The Morgan fingerprint density at radius 3 is 2.28 bits per heavy atom. The van der Waals surface area contributed by atoms with E-state index < -0.39 is 9.84 Å². The summed E-state index contributed by atoms with van der Waals surface area (Å²) in [6, 6.07) is 14.6. The summed E-state index contributed by atoms with van der Waals surface area (Å²) in [5, 5.41) is 6.55. The van der Waals surface area contributed by atoms with E-state index in [1.807, 2.05) is 43.3 Å². The average Bonchev–Trinajstić information content (AvgIpc) is 2.73. The van der Waals surface area contributed by atoms with Crippen molar-refractivity contribution in [3.8, 4) is 0 Å². The fourth-order valence-electron chi connectivity index (χ4n) is 2.99. The number of carbonyl (C=O) groups is 1. The molecule has 0 aliphatic carbocycles. The monoisotopic (exact) mass is 572 g/mol. The summed E-state index contributed by atoms with van der Waals surface area (Å²) in [6.45, 7) is 4.04. The van der Waals surface area contributed by atoms with E-state index in [4.69, 9.17) is 0 Å². The predicted octanol–water partition coefficient (Wildman–Crippen LogP) is 2.75. The molecule has 0 spiro atoms. The molecule has 0 radical (unpaired) electrons. The van der Waals surface area contributed by atoms with E-state index in [0.29, 0.717) is 23.5 Å². The van der Waals surface area contributed by atoms with Crippen LogP contribution in [0.3, 0.4) is 0 Å². The lowest BCUT2D eigenvalue weighted by Gasteiger charge is -2.13. The third-order valence-corrected chi connectivity index (χ3v) is 5.78. The highest BCUT2D eigenvalue weighted by molar-refractivity contribution is 14.0. The Morgan fingerprint density at radius 1 is 1.00 bits per heavy atom. The quantitative estimate of drug-likeness (QED) is 0.274. The minimum atomic E-state index is -3.17. The molecule has 0 aliphatic rings. The largest absolute Gasteiger partial charge is 0.357 e. The summed E-state index contributed by atoms with van der Waals surface area (Å²) in [5.41, 5.74) is 2.81. The molecule has 0 saturated carbocycles. The van der Waals surface area contributed by atoms with E-state index >= 15 is 0 Å². The first-order valence-corrected chi connectivity index (χ1v) is 12.2. The van der Waals surface area contributed by atoms with Crippen LogP contribution in [0.1, 0.15) is 28.4 Å². The third-order valence-electron chi connectivity index (χ3n) is 4.65. The number of halogens is 1. The van der Waals surface area contributed by atoms with Crippen LogP contribution in [0.25, 0.3) is 0 Å². The highest BCUT2D eigenvalue weighted by Crippen LogP contribution is 2.11. The zero-order chi connectivity index (χ0) is 22.9. The number of aliphatic imine (C=N–C) groups is 1. The number of hydrogen-bond acceptors (Lipinski definition) is 4. The van der Waals surface area contributed by atoms with Crippen molar-refractivity contribution in [2.75, 3.05) is 40.0 Å². The van der Waals surface area contributed by atoms with Gasteiger partial charge in [-0.05, 0) is 55.2 Å². The molecular weight excluding hydrogens is 539 g/mol. The SMILES string of the molecule is CCNC(=NCCc1ccc(S(C)(=O)=O)cc1)NCCc1cccc(C(=O)N(C)C)c1.I. The number of rotatable bonds is 9. The molecule has 9 heteroatoms. The van der Waals surface area contributed by atoms with Gasteiger partial charge >= 0.3 is 0 Å². The van der Waals surface area contributed by atoms with Crippen molar-refractivity contribution in [1.82, 2.24) is 15.5 Å². The molecule has 0 bridgehead atoms. The van der Waals surface area contributed by atoms with Gasteiger partial charge in [0.15, 0.2) is 15.8 Å². The van der Waals surface area contributed by atoms with Crippen LogP contribution in [0, 0.1) is 0 Å². The van der Waals surface area contributed by atoms with Crippen LogP contribution in [-0.2, 0) is 22.7 Å². The van der Waals surface area contributed by atoms with Crippen molar-refractivity contribution >= 4 is 45.7 Å². The summed E-state index contributed by atoms with van der Waals surface area (Å²) in [5.74, 6) is 0.727. The van der Waals surface area contributed by atoms with Gasteiger partial charge in [-0.2, -0.15) is 0 Å². The Hall–Kier alpha value is -2.14. The number of nitrogens with zero attached hydrogens (tertiary/aromatic N) is 2. The second-order valence-corrected chi connectivity index (χ2v) is 9.52. The van der Waals surface area contributed by atoms with Crippen molar-refractivity contribution in [1.29, 1.82) is 0 Å². The van der Waals surface area contributed by atoms with E-state index in [9.17, 15) is 13.2 Å². The maximum Gasteiger partial charge on any atom is 0.253 e. The van der Waals surface area contributed by atoms with Crippen LogP contribution < -0.4 is 10.6 Å². The van der Waals surface area contributed by atoms with Crippen LogP contribution in [-0.4, -0.2) is 65.2 Å². The molecule has 32 heavy (non-hydrogen) atoms. The molecule has 176 valence electrons. The van der Waals surface area contributed by atoms with Crippen LogP contribution in [0.15, 0.2) is 58.4 Å². The van der Waals surface area contributed by atoms with Gasteiger partial charge in [0.2, 0.25) is 0 Å². The van der Waals surface area contributed by atoms with Gasteiger partial charge in [-0.25, -0.2) is 8.42 Å². The van der Waals surface area contributed by atoms with Gasteiger partial charge in [0.05, 0.1) is 4.90 Å². The normalized spacial score (nSPS) is 11.4. The Morgan fingerprint density at radius 2 is 1.69 bits per heavy atom. The maximum absolute atomic E-state index is 12.1. The maximum atomic E-state index is 12.1. The van der Waals surface area contributed by atoms with Crippen molar-refractivity contribution in [2.24, 2.45) is 4.99 Å². The lowest BCUT2D eigenvalue weighted by Crippen LogP contribution is -2.38. The number of amides is 1. The molecule has 7 nitrogen and oxygen atoms in total. The number of carbonyl (C=O) groups excluding carboxylic acids is 1. The van der Waals surface area contributed by atoms with Crippen molar-refractivity contribution in [3.05, 3.63) is 65.2 Å². The van der Waals surface area contributed by atoms with E-state index in [2.05, 4.69) is 15.6 Å². The Kier molecular flexibility index (Phi) is 11.7. The summed E-state index contributed by atoms with van der Waals surface area (Å²) in [6.07, 6.45) is 2.69. The number of benzene rings is 2. The molecule has 2 aromatic rings. The van der Waals surface area contributed by atoms with Gasteiger partial charge in [0.1, 0.15) is 0 Å². The van der Waals surface area contributed by atoms with Crippen LogP contribution >= 0.6 is 24.0 Å². The minimum Gasteiger partial charge on any atom is -0.357 e. The van der Waals surface area contributed by atoms with Crippen LogP contribution in [0.2, 0.25) is 0 Å². The zero-order valence-corrected chi connectivity index (χ0v) is 22.2. The summed E-state index contributed by atoms with van der Waals surface area (Å²) in [4.78, 5) is 18.6. The molecule has 0 heterocycles. The Labute approximate surface area is 208 Å². The number of nitrogens with one attached hydrogen (secondary N) is 2. The average molecular weight is 573 g/mol. The number of hydrogen-bond donors (Lipinski definition) is 2.